The van der Waals surface area contributed by atoms with Crippen LogP contribution < -0.4 is 19.1 Å². The largest absolute Gasteiger partial charge is 0.507 e. The number of carbonyl (C=O) groups is 2. The van der Waals surface area contributed by atoms with Crippen LogP contribution in [0.4, 0.5) is 5.13 Å². The summed E-state index contributed by atoms with van der Waals surface area (Å²) in [6.07, 6.45) is 0. The molecule has 1 atom stereocenters. The van der Waals surface area contributed by atoms with Gasteiger partial charge in [-0.2, -0.15) is 0 Å². The number of amides is 1. The molecule has 0 spiro atoms. The Hall–Kier alpha value is -4.70. The third-order valence-electron chi connectivity index (χ3n) is 6.40. The van der Waals surface area contributed by atoms with Crippen LogP contribution in [0.1, 0.15) is 27.7 Å². The van der Waals surface area contributed by atoms with Crippen LogP contribution in [0.5, 0.6) is 17.2 Å². The van der Waals surface area contributed by atoms with Gasteiger partial charge >= 0.3 is 5.91 Å². The number of hydrogen-bond acceptors (Lipinski definition) is 9. The van der Waals surface area contributed by atoms with Gasteiger partial charge in [0.15, 0.2) is 11.5 Å². The molecule has 3 aromatic carbocycles. The van der Waals surface area contributed by atoms with Crippen molar-refractivity contribution in [1.82, 2.24) is 10.2 Å². The van der Waals surface area contributed by atoms with Gasteiger partial charge in [0, 0.05) is 5.56 Å². The molecule has 1 N–H and O–H groups in total. The SMILES string of the molecule is Cc1nnc(N2C(=O)C(=O)/C(=C(\O)c3ccc4c(c3)OCCO4)C2c2cccc(OCc3ccccc3)c2)s1. The molecule has 196 valence electrons. The van der Waals surface area contributed by atoms with E-state index >= 15 is 0 Å². The zero-order valence-electron chi connectivity index (χ0n) is 20.9. The lowest BCUT2D eigenvalue weighted by Crippen LogP contribution is -2.29. The molecule has 1 amide bonds. The minimum atomic E-state index is -0.953. The number of ketones is 1. The average molecular weight is 542 g/mol. The number of rotatable bonds is 6. The van der Waals surface area contributed by atoms with Crippen molar-refractivity contribution in [3.05, 3.63) is 100 Å². The van der Waals surface area contributed by atoms with Crippen molar-refractivity contribution in [2.75, 3.05) is 18.1 Å². The molecule has 0 bridgehead atoms. The van der Waals surface area contributed by atoms with Crippen LogP contribution in [-0.4, -0.2) is 40.2 Å². The summed E-state index contributed by atoms with van der Waals surface area (Å²) in [6.45, 7) is 2.90. The first-order valence-corrected chi connectivity index (χ1v) is 13.1. The molecule has 1 saturated heterocycles. The van der Waals surface area contributed by atoms with E-state index in [-0.39, 0.29) is 16.5 Å². The van der Waals surface area contributed by atoms with Gasteiger partial charge in [-0.05, 0) is 48.4 Å². The first-order chi connectivity index (χ1) is 19.0. The lowest BCUT2D eigenvalue weighted by Gasteiger charge is -2.23. The Labute approximate surface area is 227 Å². The van der Waals surface area contributed by atoms with Crippen molar-refractivity contribution in [1.29, 1.82) is 0 Å². The van der Waals surface area contributed by atoms with Gasteiger partial charge < -0.3 is 19.3 Å². The second kappa shape index (κ2) is 10.2. The van der Waals surface area contributed by atoms with Gasteiger partial charge in [0.25, 0.3) is 5.78 Å². The van der Waals surface area contributed by atoms with Gasteiger partial charge in [-0.15, -0.1) is 10.2 Å². The second-order valence-corrected chi connectivity index (χ2v) is 10.1. The number of carbonyl (C=O) groups excluding carboxylic acids is 2. The molecule has 10 heteroatoms. The van der Waals surface area contributed by atoms with Crippen molar-refractivity contribution in [3.8, 4) is 17.2 Å². The van der Waals surface area contributed by atoms with Crippen LogP contribution >= 0.6 is 11.3 Å². The first-order valence-electron chi connectivity index (χ1n) is 12.3. The summed E-state index contributed by atoms with van der Waals surface area (Å²) in [6, 6.07) is 20.8. The molecule has 1 aromatic heterocycles. The Bertz CT molecular complexity index is 1600. The van der Waals surface area contributed by atoms with E-state index in [9.17, 15) is 14.7 Å². The molecule has 39 heavy (non-hydrogen) atoms. The zero-order chi connectivity index (χ0) is 26.9. The number of aliphatic hydroxyl groups is 1. The van der Waals surface area contributed by atoms with Crippen LogP contribution in [0.25, 0.3) is 5.76 Å². The van der Waals surface area contributed by atoms with Gasteiger partial charge in [0.1, 0.15) is 36.3 Å². The predicted molar refractivity (Wildman–Crippen MR) is 144 cm³/mol. The standard InChI is InChI=1S/C29H23N3O6S/c1-17-30-31-29(39-17)32-25(19-8-5-9-21(14-19)38-16-18-6-3-2-4-7-18)24(27(34)28(32)35)26(33)20-10-11-22-23(15-20)37-13-12-36-22/h2-11,14-15,25,33H,12-13,16H2,1H3/b26-24-. The average Bonchev–Trinajstić information content (AvgIpc) is 3.51. The Morgan fingerprint density at radius 3 is 2.56 bits per heavy atom. The van der Waals surface area contributed by atoms with Crippen LogP contribution in [0.3, 0.4) is 0 Å². The van der Waals surface area contributed by atoms with Crippen LogP contribution in [-0.2, 0) is 16.2 Å². The van der Waals surface area contributed by atoms with E-state index in [0.717, 1.165) is 5.56 Å². The Morgan fingerprint density at radius 2 is 1.79 bits per heavy atom. The molecule has 0 radical (unpaired) electrons. The maximum Gasteiger partial charge on any atom is 0.301 e. The number of benzene rings is 3. The number of aromatic nitrogens is 2. The van der Waals surface area contributed by atoms with Gasteiger partial charge in [0.2, 0.25) is 5.13 Å². The number of ether oxygens (including phenoxy) is 3. The molecule has 0 saturated carbocycles. The molecule has 2 aliphatic rings. The molecular formula is C29H23N3O6S. The summed E-state index contributed by atoms with van der Waals surface area (Å²) in [7, 11) is 0. The van der Waals surface area contributed by atoms with Crippen molar-refractivity contribution in [2.24, 2.45) is 0 Å². The summed E-state index contributed by atoms with van der Waals surface area (Å²) in [4.78, 5) is 28.1. The second-order valence-electron chi connectivity index (χ2n) is 8.98. The maximum atomic E-state index is 13.4. The summed E-state index contributed by atoms with van der Waals surface area (Å²) >= 11 is 1.19. The fourth-order valence-corrected chi connectivity index (χ4v) is 5.30. The fourth-order valence-electron chi connectivity index (χ4n) is 4.59. The van der Waals surface area contributed by atoms with E-state index in [1.807, 2.05) is 30.3 Å². The van der Waals surface area contributed by atoms with Crippen molar-refractivity contribution in [3.63, 3.8) is 0 Å². The van der Waals surface area contributed by atoms with Gasteiger partial charge in [-0.25, -0.2) is 0 Å². The smallest absolute Gasteiger partial charge is 0.301 e. The van der Waals surface area contributed by atoms with Crippen molar-refractivity contribution >= 4 is 33.9 Å². The normalized spacial score (nSPS) is 17.9. The summed E-state index contributed by atoms with van der Waals surface area (Å²) in [5, 5.41) is 20.5. The summed E-state index contributed by atoms with van der Waals surface area (Å²) < 4.78 is 17.2. The van der Waals surface area contributed by atoms with E-state index in [2.05, 4.69) is 10.2 Å². The highest BCUT2D eigenvalue weighted by Crippen LogP contribution is 2.44. The van der Waals surface area contributed by atoms with Crippen LogP contribution in [0, 0.1) is 6.92 Å². The Morgan fingerprint density at radius 1 is 1.00 bits per heavy atom. The minimum absolute atomic E-state index is 0.0651. The number of anilines is 1. The van der Waals surface area contributed by atoms with Gasteiger partial charge in [-0.3, -0.25) is 14.5 Å². The van der Waals surface area contributed by atoms with E-state index in [0.29, 0.717) is 53.2 Å². The Kier molecular flexibility index (Phi) is 6.45. The molecule has 6 rings (SSSR count). The summed E-state index contributed by atoms with van der Waals surface area (Å²) in [5.41, 5.74) is 1.83. The molecule has 1 unspecified atom stereocenters. The van der Waals surface area contributed by atoms with Crippen LogP contribution in [0.15, 0.2) is 78.4 Å². The number of hydrogen-bond donors (Lipinski definition) is 1. The first kappa shape index (κ1) is 24.6. The molecule has 2 aliphatic heterocycles. The van der Waals surface area contributed by atoms with Gasteiger partial charge in [-0.1, -0.05) is 53.8 Å². The highest BCUT2D eigenvalue weighted by molar-refractivity contribution is 7.15. The Balaban J connectivity index is 1.44. The molecule has 9 nitrogen and oxygen atoms in total. The monoisotopic (exact) mass is 541 g/mol. The lowest BCUT2D eigenvalue weighted by atomic mass is 9.95. The number of Topliss-reactive ketones (excluding diaryl/α,β-unsaturated/α-hetero) is 1. The van der Waals surface area contributed by atoms with Crippen molar-refractivity contribution < 1.29 is 28.9 Å². The van der Waals surface area contributed by atoms with Crippen LogP contribution in [0.2, 0.25) is 0 Å². The van der Waals surface area contributed by atoms with Gasteiger partial charge in [0.05, 0.1) is 11.6 Å². The van der Waals surface area contributed by atoms with E-state index in [4.69, 9.17) is 14.2 Å². The van der Waals surface area contributed by atoms with E-state index < -0.39 is 17.7 Å². The number of aliphatic hydroxyl groups excluding tert-OH is 1. The van der Waals surface area contributed by atoms with E-state index in [1.165, 1.54) is 16.2 Å². The third kappa shape index (κ3) is 4.70. The molecule has 4 aromatic rings. The molecule has 1 fully saturated rings. The topological polar surface area (TPSA) is 111 Å². The zero-order valence-corrected chi connectivity index (χ0v) is 21.7. The quantitative estimate of drug-likeness (QED) is 0.210. The number of aryl methyl sites for hydroxylation is 1. The highest BCUT2D eigenvalue weighted by atomic mass is 32.1. The highest BCUT2D eigenvalue weighted by Gasteiger charge is 2.48. The molecular weight excluding hydrogens is 518 g/mol. The van der Waals surface area contributed by atoms with Crippen molar-refractivity contribution in [2.45, 2.75) is 19.6 Å². The summed E-state index contributed by atoms with van der Waals surface area (Å²) in [5.74, 6) is -0.402. The van der Waals surface area contributed by atoms with E-state index in [1.54, 1.807) is 49.4 Å². The maximum absolute atomic E-state index is 13.4. The lowest BCUT2D eigenvalue weighted by molar-refractivity contribution is -0.132. The molecule has 0 aliphatic carbocycles. The number of fused-ring (bicyclic) bond motifs is 1. The number of nitrogens with zero attached hydrogens (tertiary/aromatic N) is 3. The minimum Gasteiger partial charge on any atom is -0.507 e. The predicted octanol–water partition coefficient (Wildman–Crippen LogP) is 4.82. The molecule has 3 heterocycles. The fraction of sp³-hybridized carbons (Fsp3) is 0.172. The third-order valence-corrected chi connectivity index (χ3v) is 7.24.